The van der Waals surface area contributed by atoms with Crippen molar-refractivity contribution < 1.29 is 28.2 Å². The number of ether oxygens (including phenoxy) is 3. The fraction of sp³-hybridized carbons (Fsp3) is 0.222. The molecule has 2 amide bonds. The van der Waals surface area contributed by atoms with Gasteiger partial charge in [0.15, 0.2) is 0 Å². The number of hydrogen-bond acceptors (Lipinski definition) is 6. The lowest BCUT2D eigenvalue weighted by atomic mass is 10.0. The Kier molecular flexibility index (Phi) is 6.27. The molecule has 9 heteroatoms. The summed E-state index contributed by atoms with van der Waals surface area (Å²) in [7, 11) is 1.58. The highest BCUT2D eigenvalue weighted by Crippen LogP contribution is 2.32. The Morgan fingerprint density at radius 2 is 1.97 bits per heavy atom. The number of nitrogens with zero attached hydrogens (tertiary/aromatic N) is 2. The second-order valence-electron chi connectivity index (χ2n) is 8.42. The number of rotatable bonds is 4. The first-order chi connectivity index (χ1) is 17.4. The summed E-state index contributed by atoms with van der Waals surface area (Å²) in [5.41, 5.74) is -0.545. The molecule has 3 heterocycles. The molecule has 0 spiro atoms. The third-order valence-corrected chi connectivity index (χ3v) is 5.70. The smallest absolute Gasteiger partial charge is 0.270 e. The number of carbonyl (C=O) groups is 2. The maximum absolute atomic E-state index is 14.1. The number of pyridine rings is 1. The number of aromatic nitrogens is 1. The van der Waals surface area contributed by atoms with E-state index in [-0.39, 0.29) is 31.4 Å². The number of para-hydroxylation sites is 1. The number of nitrogens with one attached hydrogen (secondary N) is 1. The van der Waals surface area contributed by atoms with Crippen LogP contribution in [0, 0.1) is 11.8 Å². The van der Waals surface area contributed by atoms with E-state index < -0.39 is 17.6 Å². The van der Waals surface area contributed by atoms with Gasteiger partial charge in [0.25, 0.3) is 11.8 Å². The fourth-order valence-electron chi connectivity index (χ4n) is 3.67. The predicted octanol–water partition coefficient (Wildman–Crippen LogP) is 3.12. The molecule has 1 saturated heterocycles. The molecule has 36 heavy (non-hydrogen) atoms. The van der Waals surface area contributed by atoms with Gasteiger partial charge in [-0.15, -0.1) is 0 Å². The lowest BCUT2D eigenvalue weighted by Gasteiger charge is -2.28. The van der Waals surface area contributed by atoms with Gasteiger partial charge in [-0.05, 0) is 36.4 Å². The van der Waals surface area contributed by atoms with E-state index in [0.29, 0.717) is 28.5 Å². The fourth-order valence-corrected chi connectivity index (χ4v) is 3.67. The van der Waals surface area contributed by atoms with Crippen LogP contribution in [-0.2, 0) is 9.53 Å². The molecule has 0 aliphatic carbocycles. The number of carbonyl (C=O) groups excluding carboxylic acids is 2. The summed E-state index contributed by atoms with van der Waals surface area (Å²) < 4.78 is 30.6. The van der Waals surface area contributed by atoms with Crippen LogP contribution >= 0.6 is 0 Å². The van der Waals surface area contributed by atoms with Crippen LogP contribution in [0.25, 0.3) is 0 Å². The van der Waals surface area contributed by atoms with E-state index in [4.69, 9.17) is 14.2 Å². The third-order valence-electron chi connectivity index (χ3n) is 5.70. The van der Waals surface area contributed by atoms with Gasteiger partial charge in [0.05, 0.1) is 18.9 Å². The number of benzene rings is 2. The maximum atomic E-state index is 14.1. The van der Waals surface area contributed by atoms with Crippen LogP contribution in [0.1, 0.15) is 16.1 Å². The van der Waals surface area contributed by atoms with Gasteiger partial charge < -0.3 is 24.4 Å². The molecule has 1 fully saturated rings. The second kappa shape index (κ2) is 9.68. The van der Waals surface area contributed by atoms with Crippen molar-refractivity contribution in [3.63, 3.8) is 0 Å². The third kappa shape index (κ3) is 4.99. The molecule has 0 bridgehead atoms. The van der Waals surface area contributed by atoms with Gasteiger partial charge in [-0.2, -0.15) is 0 Å². The number of fused-ring (bicyclic) bond motifs is 1. The number of hydrogen-bond donors (Lipinski definition) is 1. The van der Waals surface area contributed by atoms with Crippen molar-refractivity contribution in [1.82, 2.24) is 10.3 Å². The first-order valence-electron chi connectivity index (χ1n) is 11.2. The van der Waals surface area contributed by atoms with E-state index in [0.717, 1.165) is 0 Å². The standard InChI is InChI=1S/C27H22FN3O5/c1-31-23-13-18(9-11-27(28)16-34-17-27)7-8-24(23)35-15-22(26(31)33)30-25(32)21-14-20(10-12-29-21)36-19-5-3-2-4-6-19/h2-8,10,12-14,22H,15-17H2,1H3,(H,30,32). The summed E-state index contributed by atoms with van der Waals surface area (Å²) in [5, 5.41) is 2.69. The van der Waals surface area contributed by atoms with Gasteiger partial charge in [0.2, 0.25) is 5.67 Å². The van der Waals surface area contributed by atoms with E-state index in [1.54, 1.807) is 43.4 Å². The Bertz CT molecular complexity index is 1360. The first-order valence-corrected chi connectivity index (χ1v) is 11.2. The largest absolute Gasteiger partial charge is 0.489 e. The molecule has 1 N–H and O–H groups in total. The van der Waals surface area contributed by atoms with Crippen molar-refractivity contribution in [2.45, 2.75) is 11.7 Å². The highest BCUT2D eigenvalue weighted by atomic mass is 19.1. The highest BCUT2D eigenvalue weighted by molar-refractivity contribution is 6.03. The van der Waals surface area contributed by atoms with E-state index in [1.807, 2.05) is 18.2 Å². The lowest BCUT2D eigenvalue weighted by molar-refractivity contribution is -0.120. The molecule has 8 nitrogen and oxygen atoms in total. The van der Waals surface area contributed by atoms with Crippen molar-refractivity contribution in [1.29, 1.82) is 0 Å². The molecule has 1 unspecified atom stereocenters. The van der Waals surface area contributed by atoms with Crippen LogP contribution in [0.4, 0.5) is 10.1 Å². The van der Waals surface area contributed by atoms with Crippen LogP contribution in [0.5, 0.6) is 17.2 Å². The number of halogens is 1. The van der Waals surface area contributed by atoms with Gasteiger partial charge in [-0.25, -0.2) is 4.39 Å². The molecule has 0 radical (unpaired) electrons. The predicted molar refractivity (Wildman–Crippen MR) is 129 cm³/mol. The average Bonchev–Trinajstić information content (AvgIpc) is 2.99. The van der Waals surface area contributed by atoms with Gasteiger partial charge in [0, 0.05) is 24.9 Å². The Morgan fingerprint density at radius 3 is 2.72 bits per heavy atom. The van der Waals surface area contributed by atoms with Crippen LogP contribution in [0.15, 0.2) is 66.9 Å². The minimum atomic E-state index is -1.64. The van der Waals surface area contributed by atoms with Gasteiger partial charge in [-0.3, -0.25) is 14.6 Å². The summed E-state index contributed by atoms with van der Waals surface area (Å²) in [6.45, 7) is -0.175. The first kappa shape index (κ1) is 23.3. The average molecular weight is 487 g/mol. The maximum Gasteiger partial charge on any atom is 0.270 e. The summed E-state index contributed by atoms with van der Waals surface area (Å²) in [4.78, 5) is 31.5. The summed E-state index contributed by atoms with van der Waals surface area (Å²) in [5.74, 6) is 5.95. The molecule has 1 aromatic heterocycles. The van der Waals surface area contributed by atoms with Crippen molar-refractivity contribution in [2.75, 3.05) is 31.8 Å². The Balaban J connectivity index is 1.29. The van der Waals surface area contributed by atoms with E-state index in [2.05, 4.69) is 22.1 Å². The van der Waals surface area contributed by atoms with Gasteiger partial charge in [0.1, 0.15) is 35.6 Å². The van der Waals surface area contributed by atoms with Crippen molar-refractivity contribution in [2.24, 2.45) is 0 Å². The second-order valence-corrected chi connectivity index (χ2v) is 8.42. The number of alkyl halides is 1. The molecular formula is C27H22FN3O5. The molecule has 182 valence electrons. The summed E-state index contributed by atoms with van der Waals surface area (Å²) in [6.07, 6.45) is 1.46. The van der Waals surface area contributed by atoms with Crippen LogP contribution in [0.2, 0.25) is 0 Å². The molecule has 2 aliphatic rings. The molecule has 2 aromatic carbocycles. The molecular weight excluding hydrogens is 465 g/mol. The van der Waals surface area contributed by atoms with Crippen molar-refractivity contribution in [3.8, 4) is 29.1 Å². The van der Waals surface area contributed by atoms with Crippen LogP contribution in [-0.4, -0.2) is 55.4 Å². The zero-order valence-corrected chi connectivity index (χ0v) is 19.4. The Labute approximate surface area is 207 Å². The van der Waals surface area contributed by atoms with Crippen LogP contribution < -0.4 is 19.7 Å². The van der Waals surface area contributed by atoms with Crippen molar-refractivity contribution >= 4 is 17.5 Å². The summed E-state index contributed by atoms with van der Waals surface area (Å²) in [6, 6.07) is 16.3. The molecule has 0 saturated carbocycles. The van der Waals surface area contributed by atoms with Gasteiger partial charge in [-0.1, -0.05) is 30.0 Å². The van der Waals surface area contributed by atoms with E-state index in [9.17, 15) is 14.0 Å². The van der Waals surface area contributed by atoms with E-state index >= 15 is 0 Å². The monoisotopic (exact) mass is 487 g/mol. The van der Waals surface area contributed by atoms with Crippen LogP contribution in [0.3, 0.4) is 0 Å². The van der Waals surface area contributed by atoms with Crippen molar-refractivity contribution in [3.05, 3.63) is 78.1 Å². The van der Waals surface area contributed by atoms with Gasteiger partial charge >= 0.3 is 0 Å². The zero-order valence-electron chi connectivity index (χ0n) is 19.4. The number of amides is 2. The SMILES string of the molecule is CN1C(=O)C(NC(=O)c2cc(Oc3ccccc3)ccn2)COc2ccc(C#CC3(F)COC3)cc21. The quantitative estimate of drug-likeness (QED) is 0.569. The Hall–Kier alpha value is -4.42. The number of anilines is 1. The highest BCUT2D eigenvalue weighted by Gasteiger charge is 2.37. The normalized spacial score (nSPS) is 17.9. The van der Waals surface area contributed by atoms with E-state index in [1.165, 1.54) is 17.2 Å². The molecule has 3 aromatic rings. The minimum Gasteiger partial charge on any atom is -0.489 e. The summed E-state index contributed by atoms with van der Waals surface area (Å²) >= 11 is 0. The number of likely N-dealkylation sites (N-methyl/N-ethyl adjacent to an activating group) is 1. The molecule has 5 rings (SSSR count). The zero-order chi connectivity index (χ0) is 25.1. The molecule has 1 atom stereocenters. The molecule has 2 aliphatic heterocycles. The topological polar surface area (TPSA) is 90.0 Å². The lowest BCUT2D eigenvalue weighted by Crippen LogP contribution is -2.49. The minimum absolute atomic E-state index is 0.0516. The Morgan fingerprint density at radius 1 is 1.17 bits per heavy atom.